The quantitative estimate of drug-likeness (QED) is 0.0995. The number of H-pyrrole nitrogens is 1. The number of phosphoric acid groups is 2. The fraction of sp³-hybridized carbons (Fsp3) is 0.733. The second-order valence-corrected chi connectivity index (χ2v) is 11.3. The number of ether oxygens (including phenoxy) is 2. The first kappa shape index (κ1) is 29.6. The molecule has 1 aromatic heterocycles. The van der Waals surface area contributed by atoms with E-state index in [2.05, 4.69) is 26.0 Å². The van der Waals surface area contributed by atoms with Crippen LogP contribution in [-0.2, 0) is 32.0 Å². The van der Waals surface area contributed by atoms with Gasteiger partial charge >= 0.3 is 21.3 Å². The number of nitrogens with zero attached hydrogens (tertiary/aromatic N) is 1. The number of rotatable bonds is 9. The smallest absolute Gasteiger partial charge is 0.394 e. The van der Waals surface area contributed by atoms with Gasteiger partial charge in [-0.05, 0) is 0 Å². The zero-order valence-electron chi connectivity index (χ0n) is 17.9. The Bertz CT molecular complexity index is 1130. The Labute approximate surface area is 206 Å². The Morgan fingerprint density at radius 1 is 1.00 bits per heavy atom. The number of aliphatic hydroxyl groups excluding tert-OH is 5. The molecule has 0 radical (unpaired) electrons. The minimum absolute atomic E-state index is 0.737. The molecule has 2 fully saturated rings. The van der Waals surface area contributed by atoms with Crippen LogP contribution in [0.5, 0.6) is 0 Å². The molecular formula is C15H24N2O16P2S. The lowest BCUT2D eigenvalue weighted by Crippen LogP contribution is -2.56. The number of aromatic amines is 1. The highest BCUT2D eigenvalue weighted by Crippen LogP contribution is 2.61. The van der Waals surface area contributed by atoms with Crippen LogP contribution in [0.25, 0.3) is 0 Å². The maximum absolute atomic E-state index is 12.2. The molecule has 21 heteroatoms. The molecule has 1 aromatic rings. The first-order chi connectivity index (χ1) is 16.7. The lowest BCUT2D eigenvalue weighted by Gasteiger charge is -2.40. The normalized spacial score (nSPS) is 38.4. The topological polar surface area (TPSA) is 277 Å². The first-order valence-electron chi connectivity index (χ1n) is 9.99. The van der Waals surface area contributed by atoms with Crippen molar-refractivity contribution in [2.24, 2.45) is 0 Å². The highest BCUT2D eigenvalue weighted by atomic mass is 32.1. The van der Waals surface area contributed by atoms with E-state index in [4.69, 9.17) is 9.47 Å². The van der Waals surface area contributed by atoms with E-state index in [1.54, 1.807) is 0 Å². The molecule has 3 heterocycles. The van der Waals surface area contributed by atoms with Gasteiger partial charge in [-0.1, -0.05) is 0 Å². The molecule has 0 spiro atoms. The highest BCUT2D eigenvalue weighted by Gasteiger charge is 2.49. The van der Waals surface area contributed by atoms with Gasteiger partial charge in [0.15, 0.2) is 12.5 Å². The summed E-state index contributed by atoms with van der Waals surface area (Å²) in [6, 6.07) is 0.939. The maximum atomic E-state index is 12.2. The lowest BCUT2D eigenvalue weighted by atomic mass is 10.0. The van der Waals surface area contributed by atoms with E-state index in [-0.39, 0.29) is 0 Å². The summed E-state index contributed by atoms with van der Waals surface area (Å²) in [4.78, 5) is 44.6. The Morgan fingerprint density at radius 2 is 1.67 bits per heavy atom. The van der Waals surface area contributed by atoms with Crippen molar-refractivity contribution in [1.82, 2.24) is 9.55 Å². The van der Waals surface area contributed by atoms with Crippen LogP contribution in [0.2, 0.25) is 0 Å². The van der Waals surface area contributed by atoms with Crippen molar-refractivity contribution in [2.75, 3.05) is 13.2 Å². The first-order valence-corrected chi connectivity index (χ1v) is 13.5. The van der Waals surface area contributed by atoms with Crippen molar-refractivity contribution in [3.8, 4) is 0 Å². The van der Waals surface area contributed by atoms with E-state index in [9.17, 15) is 54.0 Å². The Kier molecular flexibility index (Phi) is 9.36. The van der Waals surface area contributed by atoms with Gasteiger partial charge in [0.2, 0.25) is 0 Å². The van der Waals surface area contributed by atoms with Crippen molar-refractivity contribution in [3.05, 3.63) is 33.1 Å². The minimum Gasteiger partial charge on any atom is -0.394 e. The molecule has 11 atom stereocenters. The molecule has 0 amide bonds. The van der Waals surface area contributed by atoms with Crippen molar-refractivity contribution in [1.29, 1.82) is 0 Å². The van der Waals surface area contributed by atoms with E-state index < -0.39 is 94.5 Å². The van der Waals surface area contributed by atoms with Gasteiger partial charge in [0, 0.05) is 12.3 Å². The van der Waals surface area contributed by atoms with Gasteiger partial charge in [0.05, 0.1) is 24.6 Å². The number of nitrogens with one attached hydrogen (secondary N) is 1. The average Bonchev–Trinajstić information content (AvgIpc) is 3.06. The number of aromatic nitrogens is 2. The summed E-state index contributed by atoms with van der Waals surface area (Å²) in [6.45, 7) is -1.79. The van der Waals surface area contributed by atoms with Crippen molar-refractivity contribution in [2.45, 2.75) is 54.4 Å². The highest BCUT2D eigenvalue weighted by molar-refractivity contribution is 7.81. The molecule has 2 saturated heterocycles. The molecule has 18 nitrogen and oxygen atoms in total. The van der Waals surface area contributed by atoms with Gasteiger partial charge in [-0.15, -0.1) is 0 Å². The van der Waals surface area contributed by atoms with Crippen LogP contribution >= 0.6 is 28.3 Å². The van der Waals surface area contributed by atoms with Crippen LogP contribution in [0.4, 0.5) is 0 Å². The van der Waals surface area contributed by atoms with E-state index >= 15 is 0 Å². The Hall–Kier alpha value is -0.990. The van der Waals surface area contributed by atoms with Gasteiger partial charge in [-0.2, -0.15) is 16.9 Å². The van der Waals surface area contributed by atoms with Crippen molar-refractivity contribution in [3.63, 3.8) is 0 Å². The monoisotopic (exact) mass is 582 g/mol. The van der Waals surface area contributed by atoms with Crippen molar-refractivity contribution >= 4 is 28.3 Å². The number of aliphatic hydroxyl groups is 5. The van der Waals surface area contributed by atoms with E-state index in [1.165, 1.54) is 0 Å². The van der Waals surface area contributed by atoms with E-state index in [0.717, 1.165) is 16.8 Å². The number of phosphoric ester groups is 2. The maximum Gasteiger partial charge on any atom is 0.483 e. The van der Waals surface area contributed by atoms with Crippen LogP contribution in [0.15, 0.2) is 21.9 Å². The fourth-order valence-electron chi connectivity index (χ4n) is 3.35. The lowest BCUT2D eigenvalue weighted by molar-refractivity contribution is -0.241. The fourth-order valence-corrected chi connectivity index (χ4v) is 5.84. The van der Waals surface area contributed by atoms with Crippen LogP contribution in [0.3, 0.4) is 0 Å². The van der Waals surface area contributed by atoms with Crippen LogP contribution < -0.4 is 11.2 Å². The predicted molar refractivity (Wildman–Crippen MR) is 116 cm³/mol. The molecule has 206 valence electrons. The molecule has 8 N–H and O–H groups in total. The summed E-state index contributed by atoms with van der Waals surface area (Å²) >= 11 is 3.89. The summed E-state index contributed by atoms with van der Waals surface area (Å²) < 4.78 is 48.5. The zero-order chi connectivity index (χ0) is 27.0. The van der Waals surface area contributed by atoms with Crippen LogP contribution in [-0.4, -0.2) is 106 Å². The minimum atomic E-state index is -5.52. The number of hydrogen-bond acceptors (Lipinski definition) is 15. The molecular weight excluding hydrogens is 558 g/mol. The third-order valence-corrected chi connectivity index (χ3v) is 8.37. The van der Waals surface area contributed by atoms with Gasteiger partial charge in [-0.25, -0.2) is 13.9 Å². The third-order valence-electron chi connectivity index (χ3n) is 5.16. The molecule has 0 saturated carbocycles. The molecule has 0 bridgehead atoms. The summed E-state index contributed by atoms with van der Waals surface area (Å²) in [5, 5.41) is 48.0. The Morgan fingerprint density at radius 3 is 2.28 bits per heavy atom. The summed E-state index contributed by atoms with van der Waals surface area (Å²) in [5.74, 6) is 0. The Balaban J connectivity index is 1.61. The largest absolute Gasteiger partial charge is 0.483 e. The number of hydrogen-bond donors (Lipinski definition) is 9. The van der Waals surface area contributed by atoms with Gasteiger partial charge in [-0.3, -0.25) is 23.4 Å². The van der Waals surface area contributed by atoms with E-state index in [0.29, 0.717) is 0 Å². The van der Waals surface area contributed by atoms with Gasteiger partial charge in [0.1, 0.15) is 30.5 Å². The SMILES string of the molecule is O=c1ccn(C2OC(COP(=O)(O)OP(=O)(O)OC3OC(CO)C(O)C(S)C3O)C(O)C2O)c(=O)[nH]1. The second-order valence-electron chi connectivity index (χ2n) is 7.68. The molecule has 0 aliphatic carbocycles. The van der Waals surface area contributed by atoms with Crippen LogP contribution in [0.1, 0.15) is 6.23 Å². The third kappa shape index (κ3) is 6.71. The standard InChI is InChI=1S/C15H24N2O16P2S/c18-3-5-9(21)12(36)11(23)14(31-5)32-35(27,28)33-34(25,26)29-4-6-8(20)10(22)13(30-6)17-2-1-7(19)16-15(17)24/h1-2,5-6,8-14,18,20-23,36H,3-4H2,(H,25,26)(H,27,28)(H,16,19,24). The molecule has 11 unspecified atom stereocenters. The molecule has 2 aliphatic rings. The van der Waals surface area contributed by atoms with Crippen LogP contribution in [0, 0.1) is 0 Å². The molecule has 0 aromatic carbocycles. The summed E-state index contributed by atoms with van der Waals surface area (Å²) in [5.41, 5.74) is -1.72. The number of thiol groups is 1. The summed E-state index contributed by atoms with van der Waals surface area (Å²) in [7, 11) is -11.0. The summed E-state index contributed by atoms with van der Waals surface area (Å²) in [6.07, 6.45) is -12.3. The van der Waals surface area contributed by atoms with Crippen molar-refractivity contribution < 1.29 is 67.3 Å². The zero-order valence-corrected chi connectivity index (χ0v) is 20.5. The second kappa shape index (κ2) is 11.4. The molecule has 2 aliphatic heterocycles. The van der Waals surface area contributed by atoms with Gasteiger partial charge in [0.25, 0.3) is 5.56 Å². The average molecular weight is 582 g/mol. The van der Waals surface area contributed by atoms with E-state index in [1.807, 2.05) is 4.98 Å². The van der Waals surface area contributed by atoms with Gasteiger partial charge < -0.3 is 44.8 Å². The predicted octanol–water partition coefficient (Wildman–Crippen LogP) is -3.86. The molecule has 3 rings (SSSR count). The molecule has 36 heavy (non-hydrogen) atoms.